The van der Waals surface area contributed by atoms with E-state index >= 15 is 0 Å². The van der Waals surface area contributed by atoms with Crippen molar-refractivity contribution >= 4 is 33.9 Å². The highest BCUT2D eigenvalue weighted by atomic mass is 35.5. The third-order valence-corrected chi connectivity index (χ3v) is 10.1. The number of nitriles is 1. The summed E-state index contributed by atoms with van der Waals surface area (Å²) in [6.45, 7) is 0. The lowest BCUT2D eigenvalue weighted by molar-refractivity contribution is 0.00757. The van der Waals surface area contributed by atoms with Crippen molar-refractivity contribution in [3.8, 4) is 6.07 Å². The van der Waals surface area contributed by atoms with E-state index in [4.69, 9.17) is 11.6 Å². The number of halogens is 2. The lowest BCUT2D eigenvalue weighted by atomic mass is 9.54. The second kappa shape index (κ2) is 9.78. The van der Waals surface area contributed by atoms with Crippen LogP contribution in [0.3, 0.4) is 0 Å². The standard InChI is InChI=1S/C32H33ClFN7/c33-27-13-24(37-31(19-1-3-23(34)4-2-19)28-16-41(40-39-28)25-5-6-25)12-26-30(22(14-35)15-36-32(26)27)38-29-20-8-17-7-18(10-20)11-21(29)9-17/h1-4,12-13,15-18,20-21,25,29,31,37,39-40H,5-11H2,(H,36,38)/t17?,18?,20?,21?,29?,31-/m1/s1/i31D. The molecule has 0 unspecified atom stereocenters. The number of anilines is 2. The Bertz CT molecular complexity index is 1610. The average Bonchev–Trinajstić information content (AvgIpc) is 3.70. The molecule has 0 saturated heterocycles. The number of nitrogens with one attached hydrogen (secondary N) is 4. The molecule has 3 aromatic rings. The van der Waals surface area contributed by atoms with Gasteiger partial charge in [0.15, 0.2) is 0 Å². The van der Waals surface area contributed by atoms with Crippen LogP contribution in [0.5, 0.6) is 0 Å². The van der Waals surface area contributed by atoms with Gasteiger partial charge in [0.1, 0.15) is 11.9 Å². The molecule has 0 radical (unpaired) electrons. The maximum absolute atomic E-state index is 13.9. The smallest absolute Gasteiger partial charge is 0.123 e. The third kappa shape index (κ3) is 4.56. The molecule has 0 amide bonds. The first-order valence-electron chi connectivity index (χ1n) is 15.2. The fraction of sp³-hybridized carbons (Fsp3) is 0.438. The van der Waals surface area contributed by atoms with Crippen molar-refractivity contribution in [3.63, 3.8) is 0 Å². The van der Waals surface area contributed by atoms with Gasteiger partial charge in [-0.2, -0.15) is 5.26 Å². The van der Waals surface area contributed by atoms with Crippen LogP contribution in [0, 0.1) is 40.8 Å². The summed E-state index contributed by atoms with van der Waals surface area (Å²) in [5.74, 6) is 2.57. The fourth-order valence-corrected chi connectivity index (χ4v) is 8.23. The van der Waals surface area contributed by atoms with Crippen LogP contribution >= 0.6 is 11.6 Å². The molecule has 2 aromatic carbocycles. The van der Waals surface area contributed by atoms with Crippen LogP contribution in [-0.2, 0) is 0 Å². The van der Waals surface area contributed by atoms with E-state index in [9.17, 15) is 11.0 Å². The van der Waals surface area contributed by atoms with Crippen LogP contribution in [-0.4, -0.2) is 22.1 Å². The molecule has 5 saturated carbocycles. The van der Waals surface area contributed by atoms with Crippen molar-refractivity contribution in [2.45, 2.75) is 63.0 Å². The Balaban J connectivity index is 1.19. The molecular formula is C32H33ClFN7. The lowest BCUT2D eigenvalue weighted by Gasteiger charge is -2.54. The van der Waals surface area contributed by atoms with Crippen LogP contribution in [0.15, 0.2) is 54.5 Å². The minimum Gasteiger partial charge on any atom is -0.380 e. The molecule has 1 aliphatic heterocycles. The predicted molar refractivity (Wildman–Crippen MR) is 158 cm³/mol. The Morgan fingerprint density at radius 3 is 2.51 bits per heavy atom. The zero-order chi connectivity index (χ0) is 28.6. The molecule has 2 heterocycles. The number of benzene rings is 2. The highest BCUT2D eigenvalue weighted by Gasteiger charge is 2.48. The Labute approximate surface area is 245 Å². The van der Waals surface area contributed by atoms with Crippen molar-refractivity contribution in [1.82, 2.24) is 21.0 Å². The summed E-state index contributed by atoms with van der Waals surface area (Å²) >= 11 is 6.85. The highest BCUT2D eigenvalue weighted by Crippen LogP contribution is 2.54. The fourth-order valence-electron chi connectivity index (χ4n) is 7.96. The number of aromatic nitrogens is 1. The second-order valence-corrected chi connectivity index (χ2v) is 12.9. The van der Waals surface area contributed by atoms with E-state index in [1.807, 2.05) is 17.3 Å². The summed E-state index contributed by atoms with van der Waals surface area (Å²) in [5, 5.41) is 20.5. The Hall–Kier alpha value is -3.54. The van der Waals surface area contributed by atoms with Crippen molar-refractivity contribution in [2.75, 3.05) is 10.6 Å². The number of hydrogen-bond donors (Lipinski definition) is 4. The monoisotopic (exact) mass is 570 g/mol. The van der Waals surface area contributed by atoms with Gasteiger partial charge < -0.3 is 16.1 Å². The Morgan fingerprint density at radius 2 is 1.83 bits per heavy atom. The van der Waals surface area contributed by atoms with Crippen LogP contribution in [0.1, 0.15) is 63.5 Å². The van der Waals surface area contributed by atoms with Gasteiger partial charge in [-0.3, -0.25) is 9.99 Å². The summed E-state index contributed by atoms with van der Waals surface area (Å²) in [7, 11) is 0. The van der Waals surface area contributed by atoms with E-state index in [1.54, 1.807) is 24.4 Å². The number of hydrogen-bond acceptors (Lipinski definition) is 7. The van der Waals surface area contributed by atoms with Gasteiger partial charge in [0.25, 0.3) is 0 Å². The minimum atomic E-state index is -1.49. The maximum Gasteiger partial charge on any atom is 0.123 e. The average molecular weight is 571 g/mol. The molecule has 5 fully saturated rings. The van der Waals surface area contributed by atoms with Crippen LogP contribution < -0.4 is 21.6 Å². The normalized spacial score (nSPS) is 29.9. The van der Waals surface area contributed by atoms with Crippen LogP contribution in [0.4, 0.5) is 15.8 Å². The molecule has 0 spiro atoms. The quantitative estimate of drug-likeness (QED) is 0.254. The topological polar surface area (TPSA) is 88.0 Å². The van der Waals surface area contributed by atoms with E-state index in [2.05, 4.69) is 32.6 Å². The first-order chi connectivity index (χ1) is 20.4. The van der Waals surface area contributed by atoms with Crippen LogP contribution in [0.25, 0.3) is 10.9 Å². The van der Waals surface area contributed by atoms with E-state index in [1.165, 1.54) is 44.2 Å². The van der Waals surface area contributed by atoms with E-state index in [0.29, 0.717) is 57.0 Å². The summed E-state index contributed by atoms with van der Waals surface area (Å²) in [6.07, 6.45) is 12.1. The van der Waals surface area contributed by atoms with Gasteiger partial charge in [-0.05, 0) is 98.4 Å². The van der Waals surface area contributed by atoms with Crippen LogP contribution in [0.2, 0.25) is 5.02 Å². The zero-order valence-corrected chi connectivity index (χ0v) is 23.4. The predicted octanol–water partition coefficient (Wildman–Crippen LogP) is 6.62. The molecule has 9 heteroatoms. The number of nitrogens with zero attached hydrogens (tertiary/aromatic N) is 3. The van der Waals surface area contributed by atoms with E-state index in [-0.39, 0.29) is 5.82 Å². The Morgan fingerprint density at radius 1 is 1.10 bits per heavy atom. The zero-order valence-electron chi connectivity index (χ0n) is 23.6. The van der Waals surface area contributed by atoms with E-state index in [0.717, 1.165) is 35.8 Å². The SMILES string of the molecule is [2H][C@](Nc1cc(Cl)c2ncc(C#N)c(NC3C4CC5CC(C4)CC3C5)c2c1)(C1=CN(C2CC2)NN1)c1ccc(F)cc1. The van der Waals surface area contributed by atoms with Crippen molar-refractivity contribution in [2.24, 2.45) is 23.7 Å². The molecular weight excluding hydrogens is 537 g/mol. The van der Waals surface area contributed by atoms with Crippen molar-refractivity contribution < 1.29 is 5.76 Å². The highest BCUT2D eigenvalue weighted by molar-refractivity contribution is 6.35. The van der Waals surface area contributed by atoms with Gasteiger partial charge in [-0.15, -0.1) is 5.53 Å². The summed E-state index contributed by atoms with van der Waals surface area (Å²) in [5.41, 5.74) is 9.93. The van der Waals surface area contributed by atoms with Gasteiger partial charge in [0.05, 0.1) is 34.9 Å². The number of hydrazine groups is 2. The van der Waals surface area contributed by atoms with Gasteiger partial charge >= 0.3 is 0 Å². The van der Waals surface area contributed by atoms with Crippen molar-refractivity contribution in [1.29, 1.82) is 5.26 Å². The number of fused-ring (bicyclic) bond motifs is 1. The lowest BCUT2D eigenvalue weighted by Crippen LogP contribution is -2.51. The molecule has 41 heavy (non-hydrogen) atoms. The second-order valence-electron chi connectivity index (χ2n) is 12.5. The molecule has 7 nitrogen and oxygen atoms in total. The summed E-state index contributed by atoms with van der Waals surface area (Å²) in [4.78, 5) is 4.56. The molecule has 5 aliphatic carbocycles. The Kier molecular flexibility index (Phi) is 5.75. The first-order valence-corrected chi connectivity index (χ1v) is 15.1. The van der Waals surface area contributed by atoms with Gasteiger partial charge in [0, 0.05) is 35.6 Å². The first kappa shape index (κ1) is 24.1. The molecule has 9 rings (SSSR count). The van der Waals surface area contributed by atoms with Crippen molar-refractivity contribution in [3.05, 3.63) is 76.5 Å². The third-order valence-electron chi connectivity index (χ3n) is 9.78. The number of pyridine rings is 1. The summed E-state index contributed by atoms with van der Waals surface area (Å²) < 4.78 is 23.6. The maximum atomic E-state index is 13.9. The van der Waals surface area contributed by atoms with Gasteiger partial charge in [-0.1, -0.05) is 23.7 Å². The van der Waals surface area contributed by atoms with Gasteiger partial charge in [0.2, 0.25) is 0 Å². The van der Waals surface area contributed by atoms with E-state index < -0.39 is 6.02 Å². The molecule has 1 atom stereocenters. The molecule has 210 valence electrons. The molecule has 4 N–H and O–H groups in total. The molecule has 1 aromatic heterocycles. The minimum absolute atomic E-state index is 0.327. The molecule has 6 aliphatic rings. The summed E-state index contributed by atoms with van der Waals surface area (Å²) in [6, 6.07) is 11.2. The molecule has 4 bridgehead atoms. The van der Waals surface area contributed by atoms with Gasteiger partial charge in [-0.25, -0.2) is 4.39 Å². The largest absolute Gasteiger partial charge is 0.380 e. The number of rotatable bonds is 7.